The number of hydrazine groups is 1. The van der Waals surface area contributed by atoms with Crippen molar-refractivity contribution in [1.29, 1.82) is 0 Å². The summed E-state index contributed by atoms with van der Waals surface area (Å²) in [4.78, 5) is 10.2. The molecule has 0 saturated carbocycles. The quantitative estimate of drug-likeness (QED) is 0.638. The second kappa shape index (κ2) is 5.66. The number of hydrogen-bond donors (Lipinski definition) is 2. The molecular formula is C10H6Cl2N4O5-2. The van der Waals surface area contributed by atoms with Crippen LogP contribution in [0.1, 0.15) is 0 Å². The summed E-state index contributed by atoms with van der Waals surface area (Å²) in [7, 11) is 0. The number of nitro groups is 1. The van der Waals surface area contributed by atoms with Gasteiger partial charge in [0.25, 0.3) is 5.69 Å². The molecule has 0 fully saturated rings. The van der Waals surface area contributed by atoms with Gasteiger partial charge in [0.1, 0.15) is 10.7 Å². The normalized spacial score (nSPS) is 14.7. The molecule has 1 aromatic rings. The molecule has 0 aliphatic carbocycles. The maximum atomic E-state index is 11.0. The highest BCUT2D eigenvalue weighted by molar-refractivity contribution is 6.44. The maximum absolute atomic E-state index is 11.0. The van der Waals surface area contributed by atoms with Gasteiger partial charge in [-0.25, -0.2) is 5.01 Å². The number of aliphatic hydroxyl groups excluding tert-OH is 1. The number of anilines is 2. The van der Waals surface area contributed by atoms with Gasteiger partial charge in [-0.1, -0.05) is 23.2 Å². The van der Waals surface area contributed by atoms with Crippen LogP contribution in [0.2, 0.25) is 0 Å². The number of aliphatic hydroxyl groups is 1. The molecule has 1 aliphatic heterocycles. The molecule has 21 heavy (non-hydrogen) atoms. The van der Waals surface area contributed by atoms with Crippen LogP contribution in [0, 0.1) is 20.5 Å². The number of hydrogen-bond acceptors (Lipinski definition) is 8. The molecule has 0 radical (unpaired) electrons. The Morgan fingerprint density at radius 2 is 2.00 bits per heavy atom. The van der Waals surface area contributed by atoms with Crippen LogP contribution in [-0.4, -0.2) is 10.0 Å². The second-order valence-corrected chi connectivity index (χ2v) is 4.57. The average Bonchev–Trinajstić information content (AvgIpc) is 2.44. The van der Waals surface area contributed by atoms with Gasteiger partial charge in [-0.15, -0.1) is 0 Å². The van der Waals surface area contributed by atoms with E-state index in [1.807, 2.05) is 0 Å². The fraction of sp³-hybridized carbons (Fsp3) is 0. The van der Waals surface area contributed by atoms with E-state index in [4.69, 9.17) is 23.2 Å². The summed E-state index contributed by atoms with van der Waals surface area (Å²) >= 11 is 11.4. The Morgan fingerprint density at radius 1 is 1.33 bits per heavy atom. The molecule has 0 saturated heterocycles. The zero-order chi connectivity index (χ0) is 15.7. The predicted molar refractivity (Wildman–Crippen MR) is 77.4 cm³/mol. The summed E-state index contributed by atoms with van der Waals surface area (Å²) in [6, 6.07) is 2.94. The Balaban J connectivity index is 2.53. The zero-order valence-electron chi connectivity index (χ0n) is 9.99. The van der Waals surface area contributed by atoms with Crippen LogP contribution < -0.4 is 15.7 Å². The van der Waals surface area contributed by atoms with E-state index in [-0.39, 0.29) is 15.8 Å². The lowest BCUT2D eigenvalue weighted by Crippen LogP contribution is -2.37. The molecule has 1 aliphatic rings. The van der Waals surface area contributed by atoms with Crippen molar-refractivity contribution in [2.75, 3.05) is 10.2 Å². The minimum Gasteiger partial charge on any atom is -0.769 e. The SMILES string of the molecule is O=[N+]([O-])c1cc(N([O-])[O-])ccc1N1NC=C(Cl)C(Cl)=C1O. The molecule has 9 nitrogen and oxygen atoms in total. The zero-order valence-corrected chi connectivity index (χ0v) is 11.5. The smallest absolute Gasteiger partial charge is 0.296 e. The van der Waals surface area contributed by atoms with E-state index in [1.165, 1.54) is 6.20 Å². The molecule has 0 bridgehead atoms. The van der Waals surface area contributed by atoms with Crippen molar-refractivity contribution in [2.45, 2.75) is 0 Å². The predicted octanol–water partition coefficient (Wildman–Crippen LogP) is 2.77. The van der Waals surface area contributed by atoms with Crippen molar-refractivity contribution in [3.8, 4) is 0 Å². The first-order valence-electron chi connectivity index (χ1n) is 5.27. The van der Waals surface area contributed by atoms with Gasteiger partial charge in [0, 0.05) is 18.0 Å². The van der Waals surface area contributed by atoms with Crippen LogP contribution in [0.3, 0.4) is 0 Å². The Morgan fingerprint density at radius 3 is 2.57 bits per heavy atom. The van der Waals surface area contributed by atoms with Gasteiger partial charge in [-0.2, -0.15) is 0 Å². The van der Waals surface area contributed by atoms with Gasteiger partial charge < -0.3 is 20.7 Å². The Labute approximate surface area is 127 Å². The van der Waals surface area contributed by atoms with E-state index in [9.17, 15) is 25.6 Å². The summed E-state index contributed by atoms with van der Waals surface area (Å²) in [5.74, 6) is -0.568. The van der Waals surface area contributed by atoms with Crippen LogP contribution in [0.4, 0.5) is 17.1 Å². The first-order chi connectivity index (χ1) is 9.82. The highest BCUT2D eigenvalue weighted by Gasteiger charge is 2.27. The number of benzene rings is 1. The molecule has 0 unspecified atom stereocenters. The molecule has 0 aromatic heterocycles. The number of nitrogens with zero attached hydrogens (tertiary/aromatic N) is 3. The van der Waals surface area contributed by atoms with E-state index in [0.717, 1.165) is 23.2 Å². The fourth-order valence-corrected chi connectivity index (χ4v) is 1.87. The van der Waals surface area contributed by atoms with E-state index in [2.05, 4.69) is 5.43 Å². The van der Waals surface area contributed by atoms with Gasteiger partial charge in [-0.05, 0) is 12.1 Å². The molecule has 0 amide bonds. The first-order valence-corrected chi connectivity index (χ1v) is 6.02. The van der Waals surface area contributed by atoms with Gasteiger partial charge >= 0.3 is 0 Å². The van der Waals surface area contributed by atoms with Crippen LogP contribution in [0.25, 0.3) is 0 Å². The van der Waals surface area contributed by atoms with E-state index in [1.54, 1.807) is 0 Å². The first kappa shape index (κ1) is 15.2. The van der Waals surface area contributed by atoms with E-state index < -0.39 is 27.4 Å². The minimum atomic E-state index is -0.814. The van der Waals surface area contributed by atoms with Crippen molar-refractivity contribution >= 4 is 40.3 Å². The van der Waals surface area contributed by atoms with Crippen molar-refractivity contribution in [2.24, 2.45) is 0 Å². The molecular weight excluding hydrogens is 327 g/mol. The van der Waals surface area contributed by atoms with Gasteiger partial charge in [0.05, 0.1) is 9.96 Å². The summed E-state index contributed by atoms with van der Waals surface area (Å²) in [5, 5.41) is 42.2. The lowest BCUT2D eigenvalue weighted by Gasteiger charge is -2.37. The maximum Gasteiger partial charge on any atom is 0.296 e. The Kier molecular flexibility index (Phi) is 4.09. The average molecular weight is 333 g/mol. The van der Waals surface area contributed by atoms with Crippen molar-refractivity contribution in [1.82, 2.24) is 5.43 Å². The van der Waals surface area contributed by atoms with Crippen LogP contribution in [0.15, 0.2) is 40.3 Å². The number of allylic oxidation sites excluding steroid dienone is 2. The molecule has 2 rings (SSSR count). The lowest BCUT2D eigenvalue weighted by atomic mass is 10.2. The fourth-order valence-electron chi connectivity index (χ4n) is 1.60. The molecule has 112 valence electrons. The lowest BCUT2D eigenvalue weighted by molar-refractivity contribution is -0.384. The molecule has 11 heteroatoms. The number of rotatable bonds is 3. The topological polar surface area (TPSA) is 128 Å². The summed E-state index contributed by atoms with van der Waals surface area (Å²) in [5.41, 5.74) is 1.31. The van der Waals surface area contributed by atoms with Gasteiger partial charge in [0.2, 0.25) is 5.88 Å². The highest BCUT2D eigenvalue weighted by atomic mass is 35.5. The second-order valence-electron chi connectivity index (χ2n) is 3.78. The summed E-state index contributed by atoms with van der Waals surface area (Å²) in [6.45, 7) is 0. The number of nitrogens with one attached hydrogen (secondary N) is 1. The Hall–Kier alpha value is -2.20. The van der Waals surface area contributed by atoms with Crippen molar-refractivity contribution in [3.05, 3.63) is 60.9 Å². The minimum absolute atomic E-state index is 0.00924. The molecule has 0 atom stereocenters. The van der Waals surface area contributed by atoms with Gasteiger partial charge in [0.15, 0.2) is 0 Å². The summed E-state index contributed by atoms with van der Waals surface area (Å²) in [6.07, 6.45) is 1.20. The van der Waals surface area contributed by atoms with Gasteiger partial charge in [-0.3, -0.25) is 15.5 Å². The molecule has 1 aromatic carbocycles. The molecule has 1 heterocycles. The third-order valence-electron chi connectivity index (χ3n) is 2.55. The third kappa shape index (κ3) is 2.81. The highest BCUT2D eigenvalue weighted by Crippen LogP contribution is 2.36. The van der Waals surface area contributed by atoms with E-state index in [0.29, 0.717) is 0 Å². The van der Waals surface area contributed by atoms with Crippen LogP contribution >= 0.6 is 23.2 Å². The number of halogens is 2. The Bertz CT molecular complexity index is 661. The third-order valence-corrected chi connectivity index (χ3v) is 3.31. The van der Waals surface area contributed by atoms with Crippen LogP contribution in [0.5, 0.6) is 0 Å². The standard InChI is InChI=1S/C10H6Cl2N4O5/c11-6-4-13-14(10(17)9(6)12)7-2-1-5(15(18)19)3-8(7)16(20)21/h1-4,13,17H/q-2. The summed E-state index contributed by atoms with van der Waals surface area (Å²) < 4.78 is 0. The van der Waals surface area contributed by atoms with Crippen molar-refractivity contribution < 1.29 is 10.0 Å². The van der Waals surface area contributed by atoms with Crippen LogP contribution in [-0.2, 0) is 0 Å². The molecule has 2 N–H and O–H groups in total. The molecule has 0 spiro atoms. The monoisotopic (exact) mass is 332 g/mol. The van der Waals surface area contributed by atoms with Crippen molar-refractivity contribution in [3.63, 3.8) is 0 Å². The largest absolute Gasteiger partial charge is 0.769 e. The van der Waals surface area contributed by atoms with E-state index >= 15 is 0 Å². The number of nitro benzene ring substituents is 1.